The summed E-state index contributed by atoms with van der Waals surface area (Å²) in [6.45, 7) is 1.13. The van der Waals surface area contributed by atoms with Crippen LogP contribution in [0.4, 0.5) is 11.4 Å². The molecule has 1 saturated heterocycles. The van der Waals surface area contributed by atoms with Gasteiger partial charge in [-0.2, -0.15) is 0 Å². The van der Waals surface area contributed by atoms with E-state index in [0.717, 1.165) is 24.7 Å². The smallest absolute Gasteiger partial charge is 0.310 e. The summed E-state index contributed by atoms with van der Waals surface area (Å²) in [7, 11) is -3.70. The van der Waals surface area contributed by atoms with Crippen LogP contribution < -0.4 is 5.32 Å². The second-order valence-electron chi connectivity index (χ2n) is 6.67. The van der Waals surface area contributed by atoms with E-state index in [1.165, 1.54) is 18.2 Å². The Morgan fingerprint density at radius 2 is 1.93 bits per heavy atom. The largest absolute Gasteiger partial charge is 0.379 e. The summed E-state index contributed by atoms with van der Waals surface area (Å²) < 4.78 is 29.8. The molecule has 0 spiro atoms. The van der Waals surface area contributed by atoms with Crippen LogP contribution in [-0.4, -0.2) is 32.7 Å². The highest BCUT2D eigenvalue weighted by atomic mass is 32.2. The third-order valence-corrected chi connectivity index (χ3v) is 5.84. The predicted molar refractivity (Wildman–Crippen MR) is 103 cm³/mol. The summed E-state index contributed by atoms with van der Waals surface area (Å²) in [6, 6.07) is 14.2. The minimum Gasteiger partial charge on any atom is -0.379 e. The zero-order valence-corrected chi connectivity index (χ0v) is 15.8. The quantitative estimate of drug-likeness (QED) is 0.598. The molecular weight excluding hydrogens is 368 g/mol. The Hall–Kier alpha value is -2.45. The van der Waals surface area contributed by atoms with Crippen LogP contribution in [0.25, 0.3) is 0 Å². The zero-order chi connectivity index (χ0) is 19.4. The standard InChI is InChI=1S/C19H22N2O5S/c1-27(24,25)17-11-5-10-16(18(17)21(22)23)20-13-15-9-6-12-26-19(15)14-7-3-2-4-8-14/h2-5,7-8,10-11,15,19-20H,6,9,12-13H2,1H3. The van der Waals surface area contributed by atoms with Gasteiger partial charge in [-0.3, -0.25) is 10.1 Å². The van der Waals surface area contributed by atoms with E-state index >= 15 is 0 Å². The van der Waals surface area contributed by atoms with Gasteiger partial charge in [-0.25, -0.2) is 8.42 Å². The SMILES string of the molecule is CS(=O)(=O)c1cccc(NCC2CCCOC2c2ccccc2)c1[N+](=O)[O-]. The molecule has 2 atom stereocenters. The first-order chi connectivity index (χ1) is 12.9. The van der Waals surface area contributed by atoms with E-state index in [9.17, 15) is 18.5 Å². The predicted octanol–water partition coefficient (Wildman–Crippen LogP) is 3.58. The Balaban J connectivity index is 1.84. The highest BCUT2D eigenvalue weighted by Gasteiger charge is 2.30. The van der Waals surface area contributed by atoms with Gasteiger partial charge in [-0.1, -0.05) is 36.4 Å². The van der Waals surface area contributed by atoms with Crippen LogP contribution in [0.15, 0.2) is 53.4 Å². The number of anilines is 1. The normalized spacial score (nSPS) is 20.2. The fraction of sp³-hybridized carbons (Fsp3) is 0.368. The fourth-order valence-electron chi connectivity index (χ4n) is 3.46. The molecule has 0 radical (unpaired) electrons. The van der Waals surface area contributed by atoms with Crippen molar-refractivity contribution in [1.82, 2.24) is 0 Å². The average Bonchev–Trinajstić information content (AvgIpc) is 2.66. The molecule has 3 rings (SSSR count). The summed E-state index contributed by atoms with van der Waals surface area (Å²) in [6.07, 6.45) is 2.72. The van der Waals surface area contributed by atoms with E-state index in [2.05, 4.69) is 5.32 Å². The molecule has 2 aromatic carbocycles. The summed E-state index contributed by atoms with van der Waals surface area (Å²) >= 11 is 0. The third-order valence-electron chi connectivity index (χ3n) is 4.71. The van der Waals surface area contributed by atoms with E-state index in [1.807, 2.05) is 30.3 Å². The van der Waals surface area contributed by atoms with Gasteiger partial charge in [0.05, 0.1) is 11.0 Å². The Morgan fingerprint density at radius 1 is 1.19 bits per heavy atom. The minimum atomic E-state index is -3.70. The van der Waals surface area contributed by atoms with Crippen molar-refractivity contribution in [2.75, 3.05) is 24.7 Å². The van der Waals surface area contributed by atoms with Crippen molar-refractivity contribution in [3.63, 3.8) is 0 Å². The Labute approximate surface area is 158 Å². The Morgan fingerprint density at radius 3 is 2.59 bits per heavy atom. The van der Waals surface area contributed by atoms with Gasteiger partial charge >= 0.3 is 5.69 Å². The number of nitrogens with zero attached hydrogens (tertiary/aromatic N) is 1. The van der Waals surface area contributed by atoms with Crippen molar-refractivity contribution >= 4 is 21.2 Å². The van der Waals surface area contributed by atoms with Crippen LogP contribution in [-0.2, 0) is 14.6 Å². The van der Waals surface area contributed by atoms with Gasteiger partial charge in [0.15, 0.2) is 9.84 Å². The molecule has 0 aliphatic carbocycles. The van der Waals surface area contributed by atoms with Crippen molar-refractivity contribution in [3.05, 3.63) is 64.2 Å². The molecule has 0 saturated carbocycles. The van der Waals surface area contributed by atoms with E-state index in [4.69, 9.17) is 4.74 Å². The molecule has 144 valence electrons. The van der Waals surface area contributed by atoms with Gasteiger partial charge in [0, 0.05) is 25.3 Å². The summed E-state index contributed by atoms with van der Waals surface area (Å²) in [5.41, 5.74) is 0.872. The number of sulfone groups is 1. The van der Waals surface area contributed by atoms with E-state index in [0.29, 0.717) is 13.2 Å². The number of nitrogens with one attached hydrogen (secondary N) is 1. The number of nitro benzene ring substituents is 1. The van der Waals surface area contributed by atoms with Gasteiger partial charge in [0.25, 0.3) is 0 Å². The van der Waals surface area contributed by atoms with Crippen LogP contribution in [0.2, 0.25) is 0 Å². The van der Waals surface area contributed by atoms with Crippen molar-refractivity contribution in [1.29, 1.82) is 0 Å². The topological polar surface area (TPSA) is 98.5 Å². The summed E-state index contributed by atoms with van der Waals surface area (Å²) in [5, 5.41) is 14.6. The zero-order valence-electron chi connectivity index (χ0n) is 15.0. The maximum absolute atomic E-state index is 11.9. The second-order valence-corrected chi connectivity index (χ2v) is 8.65. The number of ether oxygens (including phenoxy) is 1. The lowest BCUT2D eigenvalue weighted by Gasteiger charge is -2.32. The second kappa shape index (κ2) is 8.06. The monoisotopic (exact) mass is 390 g/mol. The van der Waals surface area contributed by atoms with E-state index in [-0.39, 0.29) is 22.6 Å². The van der Waals surface area contributed by atoms with Crippen molar-refractivity contribution < 1.29 is 18.1 Å². The molecule has 2 unspecified atom stereocenters. The molecule has 2 aromatic rings. The Bertz CT molecular complexity index is 915. The Kier molecular flexibility index (Phi) is 5.76. The van der Waals surface area contributed by atoms with Crippen molar-refractivity contribution in [2.45, 2.75) is 23.8 Å². The summed E-state index contributed by atoms with van der Waals surface area (Å²) in [4.78, 5) is 10.6. The lowest BCUT2D eigenvalue weighted by Crippen LogP contribution is -2.28. The molecule has 1 heterocycles. The molecule has 8 heteroatoms. The highest BCUT2D eigenvalue weighted by molar-refractivity contribution is 7.90. The van der Waals surface area contributed by atoms with Crippen LogP contribution in [0, 0.1) is 16.0 Å². The number of rotatable bonds is 6. The lowest BCUT2D eigenvalue weighted by molar-refractivity contribution is -0.386. The molecule has 1 N–H and O–H groups in total. The number of hydrogen-bond donors (Lipinski definition) is 1. The molecule has 0 amide bonds. The third kappa shape index (κ3) is 4.45. The minimum absolute atomic E-state index is 0.0930. The molecule has 1 fully saturated rings. The van der Waals surface area contributed by atoms with E-state index in [1.54, 1.807) is 0 Å². The van der Waals surface area contributed by atoms with Crippen LogP contribution in [0.1, 0.15) is 24.5 Å². The maximum atomic E-state index is 11.9. The lowest BCUT2D eigenvalue weighted by atomic mass is 9.89. The molecule has 1 aliphatic rings. The number of para-hydroxylation sites is 1. The van der Waals surface area contributed by atoms with Gasteiger partial charge in [0.2, 0.25) is 0 Å². The average molecular weight is 390 g/mol. The number of benzene rings is 2. The molecule has 7 nitrogen and oxygen atoms in total. The van der Waals surface area contributed by atoms with Crippen LogP contribution in [0.5, 0.6) is 0 Å². The van der Waals surface area contributed by atoms with Crippen LogP contribution >= 0.6 is 0 Å². The first kappa shape index (κ1) is 19.3. The van der Waals surface area contributed by atoms with Gasteiger partial charge in [-0.05, 0) is 30.5 Å². The first-order valence-corrected chi connectivity index (χ1v) is 10.6. The van der Waals surface area contributed by atoms with Gasteiger partial charge in [0.1, 0.15) is 10.6 Å². The van der Waals surface area contributed by atoms with Crippen molar-refractivity contribution in [2.24, 2.45) is 5.92 Å². The number of nitro groups is 1. The molecular formula is C19H22N2O5S. The van der Waals surface area contributed by atoms with Crippen molar-refractivity contribution in [3.8, 4) is 0 Å². The van der Waals surface area contributed by atoms with Crippen LogP contribution in [0.3, 0.4) is 0 Å². The van der Waals surface area contributed by atoms with E-state index < -0.39 is 20.4 Å². The first-order valence-electron chi connectivity index (χ1n) is 8.76. The maximum Gasteiger partial charge on any atom is 0.310 e. The van der Waals surface area contributed by atoms with Gasteiger partial charge < -0.3 is 10.1 Å². The molecule has 27 heavy (non-hydrogen) atoms. The summed E-state index contributed by atoms with van der Waals surface area (Å²) in [5.74, 6) is 0.127. The molecule has 0 aromatic heterocycles. The highest BCUT2D eigenvalue weighted by Crippen LogP contribution is 2.36. The number of hydrogen-bond acceptors (Lipinski definition) is 6. The fourth-order valence-corrected chi connectivity index (χ4v) is 4.32. The molecule has 0 bridgehead atoms. The molecule has 1 aliphatic heterocycles. The van der Waals surface area contributed by atoms with Gasteiger partial charge in [-0.15, -0.1) is 0 Å².